The fourth-order valence-electron chi connectivity index (χ4n) is 5.60. The van der Waals surface area contributed by atoms with E-state index in [2.05, 4.69) is 35.6 Å². The van der Waals surface area contributed by atoms with E-state index in [0.717, 1.165) is 36.8 Å². The molecule has 4 aromatic rings. The van der Waals surface area contributed by atoms with E-state index in [-0.39, 0.29) is 24.3 Å². The van der Waals surface area contributed by atoms with Crippen molar-refractivity contribution in [3.63, 3.8) is 0 Å². The van der Waals surface area contributed by atoms with E-state index in [0.29, 0.717) is 13.1 Å². The fraction of sp³-hybridized carbons (Fsp3) is 0.257. The lowest BCUT2D eigenvalue weighted by molar-refractivity contribution is -0.132. The second-order valence-corrected chi connectivity index (χ2v) is 10.3. The predicted octanol–water partition coefficient (Wildman–Crippen LogP) is 6.47. The number of benzene rings is 4. The molecule has 4 heteroatoms. The Hall–Kier alpha value is -4.18. The lowest BCUT2D eigenvalue weighted by Crippen LogP contribution is -2.40. The smallest absolute Gasteiger partial charge is 0.234 e. The van der Waals surface area contributed by atoms with Gasteiger partial charge in [0.2, 0.25) is 11.8 Å². The molecular weight excluding hydrogens is 480 g/mol. The quantitative estimate of drug-likeness (QED) is 0.263. The van der Waals surface area contributed by atoms with Gasteiger partial charge in [-0.1, -0.05) is 115 Å². The Morgan fingerprint density at radius 3 is 2.00 bits per heavy atom. The monoisotopic (exact) mass is 516 g/mol. The Morgan fingerprint density at radius 1 is 0.744 bits per heavy atom. The standard InChI is InChI=1S/C35H36N2O2/c38-33(36-32-22-12-20-28-15-10-11-21-31(28)32)24-26-37(25-23-27-13-4-1-5-14-27)35(39)34(29-16-6-2-7-17-29)30-18-8-3-9-19-30/h1-11,13-19,21,32,34H,12,20,22-26H2,(H,36,38). The second kappa shape index (κ2) is 13.1. The molecular formula is C35H36N2O2. The van der Waals surface area contributed by atoms with E-state index in [4.69, 9.17) is 0 Å². The van der Waals surface area contributed by atoms with Crippen LogP contribution in [0.4, 0.5) is 0 Å². The molecule has 0 radical (unpaired) electrons. The summed E-state index contributed by atoms with van der Waals surface area (Å²) in [7, 11) is 0. The van der Waals surface area contributed by atoms with Gasteiger partial charge in [-0.25, -0.2) is 0 Å². The third-order valence-corrected chi connectivity index (χ3v) is 7.65. The highest BCUT2D eigenvalue weighted by Crippen LogP contribution is 2.30. The van der Waals surface area contributed by atoms with Crippen molar-refractivity contribution in [2.75, 3.05) is 13.1 Å². The molecule has 39 heavy (non-hydrogen) atoms. The Kier molecular flexibility index (Phi) is 8.85. The molecule has 4 aromatic carbocycles. The number of rotatable bonds is 10. The summed E-state index contributed by atoms with van der Waals surface area (Å²) in [5.74, 6) is -0.402. The second-order valence-electron chi connectivity index (χ2n) is 10.3. The van der Waals surface area contributed by atoms with Crippen LogP contribution in [0.5, 0.6) is 0 Å². The SMILES string of the molecule is O=C(CCN(CCc1ccccc1)C(=O)C(c1ccccc1)c1ccccc1)NC1CCCc2ccccc21. The lowest BCUT2D eigenvalue weighted by Gasteiger charge is -2.29. The molecule has 4 nitrogen and oxygen atoms in total. The van der Waals surface area contributed by atoms with Crippen LogP contribution in [-0.4, -0.2) is 29.8 Å². The first kappa shape index (κ1) is 26.4. The topological polar surface area (TPSA) is 49.4 Å². The van der Waals surface area contributed by atoms with Crippen LogP contribution in [-0.2, 0) is 22.4 Å². The van der Waals surface area contributed by atoms with E-state index in [1.807, 2.05) is 89.8 Å². The molecule has 5 rings (SSSR count). The van der Waals surface area contributed by atoms with Gasteiger partial charge in [-0.05, 0) is 53.5 Å². The maximum Gasteiger partial charge on any atom is 0.234 e. The van der Waals surface area contributed by atoms with Crippen molar-refractivity contribution in [1.82, 2.24) is 10.2 Å². The molecule has 0 bridgehead atoms. The zero-order chi connectivity index (χ0) is 26.9. The summed E-state index contributed by atoms with van der Waals surface area (Å²) in [5.41, 5.74) is 5.64. The summed E-state index contributed by atoms with van der Waals surface area (Å²) in [6.45, 7) is 0.931. The molecule has 2 amide bonds. The minimum atomic E-state index is -0.420. The number of carbonyl (C=O) groups excluding carboxylic acids is 2. The number of aryl methyl sites for hydroxylation is 1. The average Bonchev–Trinajstić information content (AvgIpc) is 2.99. The molecule has 0 saturated heterocycles. The van der Waals surface area contributed by atoms with Gasteiger partial charge in [0.1, 0.15) is 0 Å². The van der Waals surface area contributed by atoms with Crippen molar-refractivity contribution in [2.24, 2.45) is 0 Å². The maximum absolute atomic E-state index is 14.2. The first-order valence-corrected chi connectivity index (χ1v) is 14.0. The summed E-state index contributed by atoms with van der Waals surface area (Å²) < 4.78 is 0. The minimum Gasteiger partial charge on any atom is -0.349 e. The van der Waals surface area contributed by atoms with Gasteiger partial charge >= 0.3 is 0 Å². The van der Waals surface area contributed by atoms with Crippen LogP contribution in [0.3, 0.4) is 0 Å². The van der Waals surface area contributed by atoms with Crippen LogP contribution < -0.4 is 5.32 Å². The van der Waals surface area contributed by atoms with Crippen LogP contribution in [0, 0.1) is 0 Å². The lowest BCUT2D eigenvalue weighted by atomic mass is 9.87. The van der Waals surface area contributed by atoms with Crippen molar-refractivity contribution in [3.05, 3.63) is 143 Å². The van der Waals surface area contributed by atoms with Gasteiger partial charge in [0.25, 0.3) is 0 Å². The van der Waals surface area contributed by atoms with Crippen molar-refractivity contribution < 1.29 is 9.59 Å². The van der Waals surface area contributed by atoms with Gasteiger partial charge < -0.3 is 10.2 Å². The van der Waals surface area contributed by atoms with Crippen LogP contribution >= 0.6 is 0 Å². The number of amides is 2. The average molecular weight is 517 g/mol. The molecule has 0 saturated carbocycles. The van der Waals surface area contributed by atoms with Crippen molar-refractivity contribution >= 4 is 11.8 Å². The molecule has 0 spiro atoms. The molecule has 198 valence electrons. The Balaban J connectivity index is 1.34. The zero-order valence-electron chi connectivity index (χ0n) is 22.3. The Labute approximate surface area is 231 Å². The van der Waals surface area contributed by atoms with Crippen molar-refractivity contribution in [2.45, 2.75) is 44.1 Å². The Morgan fingerprint density at radius 2 is 1.33 bits per heavy atom. The van der Waals surface area contributed by atoms with Crippen LogP contribution in [0.1, 0.15) is 59.0 Å². The first-order valence-electron chi connectivity index (χ1n) is 14.0. The maximum atomic E-state index is 14.2. The van der Waals surface area contributed by atoms with Gasteiger partial charge in [-0.3, -0.25) is 9.59 Å². The normalized spacial score (nSPS) is 14.4. The van der Waals surface area contributed by atoms with Gasteiger partial charge in [0.05, 0.1) is 12.0 Å². The van der Waals surface area contributed by atoms with Crippen molar-refractivity contribution in [3.8, 4) is 0 Å². The molecule has 1 aliphatic rings. The number of hydrogen-bond donors (Lipinski definition) is 1. The predicted molar refractivity (Wildman–Crippen MR) is 156 cm³/mol. The largest absolute Gasteiger partial charge is 0.349 e. The molecule has 0 aliphatic heterocycles. The van der Waals surface area contributed by atoms with E-state index >= 15 is 0 Å². The van der Waals surface area contributed by atoms with E-state index in [9.17, 15) is 9.59 Å². The highest BCUT2D eigenvalue weighted by molar-refractivity contribution is 5.88. The van der Waals surface area contributed by atoms with Crippen LogP contribution in [0.2, 0.25) is 0 Å². The van der Waals surface area contributed by atoms with Gasteiger partial charge in [0.15, 0.2) is 0 Å². The highest BCUT2D eigenvalue weighted by Gasteiger charge is 2.28. The van der Waals surface area contributed by atoms with Gasteiger partial charge in [-0.15, -0.1) is 0 Å². The van der Waals surface area contributed by atoms with E-state index < -0.39 is 5.92 Å². The molecule has 1 N–H and O–H groups in total. The summed E-state index contributed by atoms with van der Waals surface area (Å²) in [4.78, 5) is 29.3. The molecule has 1 unspecified atom stereocenters. The minimum absolute atomic E-state index is 0.00909. The Bertz CT molecular complexity index is 1320. The number of nitrogens with zero attached hydrogens (tertiary/aromatic N) is 1. The number of hydrogen-bond acceptors (Lipinski definition) is 2. The van der Waals surface area contributed by atoms with E-state index in [1.165, 1.54) is 16.7 Å². The van der Waals surface area contributed by atoms with Crippen molar-refractivity contribution in [1.29, 1.82) is 0 Å². The molecule has 0 heterocycles. The highest BCUT2D eigenvalue weighted by atomic mass is 16.2. The zero-order valence-corrected chi connectivity index (χ0v) is 22.3. The summed E-state index contributed by atoms with van der Waals surface area (Å²) in [6, 6.07) is 38.5. The van der Waals surface area contributed by atoms with E-state index in [1.54, 1.807) is 0 Å². The van der Waals surface area contributed by atoms with Gasteiger partial charge in [-0.2, -0.15) is 0 Å². The summed E-state index contributed by atoms with van der Waals surface area (Å²) in [5, 5.41) is 3.26. The third-order valence-electron chi connectivity index (χ3n) is 7.65. The number of nitrogens with one attached hydrogen (secondary N) is 1. The molecule has 1 atom stereocenters. The summed E-state index contributed by atoms with van der Waals surface area (Å²) >= 11 is 0. The third kappa shape index (κ3) is 6.83. The molecule has 1 aliphatic carbocycles. The fourth-order valence-corrected chi connectivity index (χ4v) is 5.60. The van der Waals surface area contributed by atoms with Crippen LogP contribution in [0.25, 0.3) is 0 Å². The first-order chi connectivity index (χ1) is 19.2. The molecule has 0 fully saturated rings. The summed E-state index contributed by atoms with van der Waals surface area (Å²) in [6.07, 6.45) is 4.09. The van der Waals surface area contributed by atoms with Gasteiger partial charge in [0, 0.05) is 19.5 Å². The number of fused-ring (bicyclic) bond motifs is 1. The molecule has 0 aromatic heterocycles. The number of carbonyl (C=O) groups is 2. The van der Waals surface area contributed by atoms with Crippen LogP contribution in [0.15, 0.2) is 115 Å².